The van der Waals surface area contributed by atoms with Crippen LogP contribution in [0, 0.1) is 17.1 Å². The van der Waals surface area contributed by atoms with Gasteiger partial charge in [0.1, 0.15) is 5.82 Å². The Kier molecular flexibility index (Phi) is 5.59. The molecule has 0 radical (unpaired) electrons. The van der Waals surface area contributed by atoms with Crippen molar-refractivity contribution in [3.63, 3.8) is 0 Å². The summed E-state index contributed by atoms with van der Waals surface area (Å²) in [5.74, 6) is -0.266. The van der Waals surface area contributed by atoms with Crippen molar-refractivity contribution < 1.29 is 17.2 Å². The third-order valence-electron chi connectivity index (χ3n) is 5.03. The SMILES string of the molecule is N#Cc1ccc(S(=O)(=O)C2(F)CCN(CCc3ccccc3F)CC2)cc1. The topological polar surface area (TPSA) is 61.2 Å². The van der Waals surface area contributed by atoms with Crippen LogP contribution in [-0.4, -0.2) is 38.0 Å². The van der Waals surface area contributed by atoms with Crippen molar-refractivity contribution in [1.82, 2.24) is 4.90 Å². The fraction of sp³-hybridized carbons (Fsp3) is 0.350. The van der Waals surface area contributed by atoms with Crippen molar-refractivity contribution in [1.29, 1.82) is 5.26 Å². The summed E-state index contributed by atoms with van der Waals surface area (Å²) in [4.78, 5) is 1.85. The van der Waals surface area contributed by atoms with E-state index < -0.39 is 14.8 Å². The Bertz CT molecular complexity index is 945. The Balaban J connectivity index is 1.64. The maximum atomic E-state index is 15.3. The number of rotatable bonds is 5. The lowest BCUT2D eigenvalue weighted by Crippen LogP contribution is -2.46. The Morgan fingerprint density at radius 1 is 1.07 bits per heavy atom. The van der Waals surface area contributed by atoms with Gasteiger partial charge < -0.3 is 4.90 Å². The first-order valence-electron chi connectivity index (χ1n) is 8.75. The first-order valence-corrected chi connectivity index (χ1v) is 10.2. The lowest BCUT2D eigenvalue weighted by atomic mass is 10.1. The highest BCUT2D eigenvalue weighted by Gasteiger charge is 2.47. The number of alkyl halides is 1. The standard InChI is InChI=1S/C20H20F2N2O2S/c21-19-4-2-1-3-17(19)9-12-24-13-10-20(22,11-14-24)27(25,26)18-7-5-16(15-23)6-8-18/h1-8H,9-14H2. The number of nitriles is 1. The molecule has 0 amide bonds. The van der Waals surface area contributed by atoms with Crippen molar-refractivity contribution in [2.45, 2.75) is 29.2 Å². The summed E-state index contributed by atoms with van der Waals surface area (Å²) < 4.78 is 54.4. The molecule has 1 aliphatic heterocycles. The average Bonchev–Trinajstić information content (AvgIpc) is 2.68. The van der Waals surface area contributed by atoms with Gasteiger partial charge in [-0.1, -0.05) is 18.2 Å². The van der Waals surface area contributed by atoms with E-state index in [1.54, 1.807) is 18.2 Å². The van der Waals surface area contributed by atoms with Gasteiger partial charge in [0.15, 0.2) is 0 Å². The second kappa shape index (κ2) is 7.75. The highest BCUT2D eigenvalue weighted by molar-refractivity contribution is 7.92. The fourth-order valence-electron chi connectivity index (χ4n) is 3.28. The summed E-state index contributed by atoms with van der Waals surface area (Å²) in [5.41, 5.74) is 0.921. The van der Waals surface area contributed by atoms with E-state index in [9.17, 15) is 12.8 Å². The molecule has 2 aromatic carbocycles. The van der Waals surface area contributed by atoms with Crippen LogP contribution in [0.25, 0.3) is 0 Å². The highest BCUT2D eigenvalue weighted by Crippen LogP contribution is 2.36. The molecular formula is C20H20F2N2O2S. The van der Waals surface area contributed by atoms with E-state index in [4.69, 9.17) is 5.26 Å². The zero-order valence-electron chi connectivity index (χ0n) is 14.7. The van der Waals surface area contributed by atoms with Crippen LogP contribution in [0.4, 0.5) is 8.78 Å². The van der Waals surface area contributed by atoms with E-state index in [-0.39, 0.29) is 23.6 Å². The summed E-state index contributed by atoms with van der Waals surface area (Å²) in [6.45, 7) is 1.13. The molecule has 0 spiro atoms. The monoisotopic (exact) mass is 390 g/mol. The molecule has 0 aromatic heterocycles. The van der Waals surface area contributed by atoms with Crippen LogP contribution < -0.4 is 0 Å². The van der Waals surface area contributed by atoms with Crippen LogP contribution in [0.1, 0.15) is 24.0 Å². The molecule has 142 valence electrons. The summed E-state index contributed by atoms with van der Waals surface area (Å²) in [6, 6.07) is 13.7. The third kappa shape index (κ3) is 4.02. The Morgan fingerprint density at radius 2 is 1.70 bits per heavy atom. The van der Waals surface area contributed by atoms with E-state index in [2.05, 4.69) is 0 Å². The predicted octanol–water partition coefficient (Wildman–Crippen LogP) is 3.48. The predicted molar refractivity (Wildman–Crippen MR) is 98.0 cm³/mol. The minimum atomic E-state index is -4.15. The number of hydrogen-bond donors (Lipinski definition) is 0. The van der Waals surface area contributed by atoms with Crippen molar-refractivity contribution in [3.05, 3.63) is 65.5 Å². The molecular weight excluding hydrogens is 370 g/mol. The number of piperidine rings is 1. The quantitative estimate of drug-likeness (QED) is 0.784. The molecule has 1 fully saturated rings. The summed E-state index contributed by atoms with van der Waals surface area (Å²) >= 11 is 0. The first-order chi connectivity index (χ1) is 12.9. The fourth-order valence-corrected chi connectivity index (χ4v) is 4.92. The van der Waals surface area contributed by atoms with Gasteiger partial charge in [0.25, 0.3) is 0 Å². The van der Waals surface area contributed by atoms with Crippen LogP contribution in [0.5, 0.6) is 0 Å². The number of benzene rings is 2. The van der Waals surface area contributed by atoms with Gasteiger partial charge in [0.2, 0.25) is 14.8 Å². The van der Waals surface area contributed by atoms with Gasteiger partial charge in [-0.3, -0.25) is 0 Å². The van der Waals surface area contributed by atoms with Gasteiger partial charge in [-0.15, -0.1) is 0 Å². The van der Waals surface area contributed by atoms with Gasteiger partial charge in [-0.05, 0) is 42.3 Å². The van der Waals surface area contributed by atoms with Gasteiger partial charge in [0, 0.05) is 32.5 Å². The molecule has 1 saturated heterocycles. The number of nitrogens with zero attached hydrogens (tertiary/aromatic N) is 2. The maximum absolute atomic E-state index is 15.3. The molecule has 0 saturated carbocycles. The zero-order valence-corrected chi connectivity index (χ0v) is 15.6. The molecule has 3 rings (SSSR count). The van der Waals surface area contributed by atoms with Crippen LogP contribution in [-0.2, 0) is 16.3 Å². The van der Waals surface area contributed by atoms with E-state index in [0.29, 0.717) is 37.2 Å². The summed E-state index contributed by atoms with van der Waals surface area (Å²) in [5, 5.41) is 6.48. The largest absolute Gasteiger partial charge is 0.303 e. The van der Waals surface area contributed by atoms with Gasteiger partial charge in [0.05, 0.1) is 16.5 Å². The maximum Gasteiger partial charge on any atom is 0.217 e. The minimum Gasteiger partial charge on any atom is -0.303 e. The van der Waals surface area contributed by atoms with E-state index in [1.807, 2.05) is 11.0 Å². The van der Waals surface area contributed by atoms with Crippen LogP contribution in [0.3, 0.4) is 0 Å². The summed E-state index contributed by atoms with van der Waals surface area (Å²) in [7, 11) is -4.15. The number of hydrogen-bond acceptors (Lipinski definition) is 4. The summed E-state index contributed by atoms with van der Waals surface area (Å²) in [6.07, 6.45) is 0.230. The van der Waals surface area contributed by atoms with Crippen molar-refractivity contribution in [2.24, 2.45) is 0 Å². The second-order valence-electron chi connectivity index (χ2n) is 6.71. The third-order valence-corrected chi connectivity index (χ3v) is 7.30. The molecule has 0 atom stereocenters. The van der Waals surface area contributed by atoms with Crippen LogP contribution in [0.2, 0.25) is 0 Å². The van der Waals surface area contributed by atoms with Crippen molar-refractivity contribution >= 4 is 9.84 Å². The number of likely N-dealkylation sites (tertiary alicyclic amines) is 1. The van der Waals surface area contributed by atoms with Crippen LogP contribution >= 0.6 is 0 Å². The number of halogens is 2. The molecule has 0 bridgehead atoms. The van der Waals surface area contributed by atoms with E-state index in [1.165, 1.54) is 30.3 Å². The number of sulfone groups is 1. The molecule has 1 aliphatic rings. The molecule has 0 N–H and O–H groups in total. The Hall–Kier alpha value is -2.30. The smallest absolute Gasteiger partial charge is 0.217 e. The molecule has 27 heavy (non-hydrogen) atoms. The van der Waals surface area contributed by atoms with Gasteiger partial charge >= 0.3 is 0 Å². The van der Waals surface area contributed by atoms with E-state index >= 15 is 4.39 Å². The molecule has 0 aliphatic carbocycles. The Morgan fingerprint density at radius 3 is 2.30 bits per heavy atom. The Labute approximate surface area is 158 Å². The second-order valence-corrected chi connectivity index (χ2v) is 8.92. The minimum absolute atomic E-state index is 0.108. The molecule has 1 heterocycles. The van der Waals surface area contributed by atoms with Crippen molar-refractivity contribution in [3.8, 4) is 6.07 Å². The molecule has 4 nitrogen and oxygen atoms in total. The zero-order chi connectivity index (χ0) is 19.5. The lowest BCUT2D eigenvalue weighted by molar-refractivity contribution is 0.120. The highest BCUT2D eigenvalue weighted by atomic mass is 32.2. The van der Waals surface area contributed by atoms with Crippen LogP contribution in [0.15, 0.2) is 53.4 Å². The average molecular weight is 390 g/mol. The molecule has 2 aromatic rings. The lowest BCUT2D eigenvalue weighted by Gasteiger charge is -2.35. The molecule has 0 unspecified atom stereocenters. The van der Waals surface area contributed by atoms with E-state index in [0.717, 1.165) is 0 Å². The van der Waals surface area contributed by atoms with Crippen molar-refractivity contribution in [2.75, 3.05) is 19.6 Å². The first kappa shape index (κ1) is 19.5. The van der Waals surface area contributed by atoms with Gasteiger partial charge in [-0.2, -0.15) is 5.26 Å². The van der Waals surface area contributed by atoms with Gasteiger partial charge in [-0.25, -0.2) is 17.2 Å². The molecule has 7 heteroatoms. The normalized spacial score (nSPS) is 17.4.